The number of aliphatic imine (C=N–C) groups is 1. The van der Waals surface area contributed by atoms with Crippen LogP contribution in [-0.2, 0) is 24.0 Å². The highest BCUT2D eigenvalue weighted by Crippen LogP contribution is 2.40. The Morgan fingerprint density at radius 1 is 0.757 bits per heavy atom. The highest BCUT2D eigenvalue weighted by molar-refractivity contribution is 6.45. The van der Waals surface area contributed by atoms with Crippen molar-refractivity contribution in [2.75, 3.05) is 0 Å². The molecule has 0 saturated carbocycles. The van der Waals surface area contributed by atoms with Gasteiger partial charge in [0.25, 0.3) is 5.91 Å². The molecule has 0 aromatic carbocycles. The number of nitrogens with zero attached hydrogens (tertiary/aromatic N) is 1. The Balaban J connectivity index is 1.75. The summed E-state index contributed by atoms with van der Waals surface area (Å²) in [4.78, 5) is 67.9. The topological polar surface area (TPSA) is 166 Å². The zero-order chi connectivity index (χ0) is 26.9. The molecule has 4 unspecified atom stereocenters. The van der Waals surface area contributed by atoms with E-state index >= 15 is 0 Å². The predicted molar refractivity (Wildman–Crippen MR) is 136 cm³/mol. The Kier molecular flexibility index (Phi) is 10.2. The van der Waals surface area contributed by atoms with Crippen molar-refractivity contribution < 1.29 is 29.1 Å². The fraction of sp³-hybridized carbons (Fsp3) is 0.692. The number of imide groups is 1. The molecule has 0 aromatic heterocycles. The van der Waals surface area contributed by atoms with Crippen molar-refractivity contribution in [3.05, 3.63) is 11.6 Å². The number of piperidine rings is 1. The third-order valence-corrected chi connectivity index (χ3v) is 7.14. The van der Waals surface area contributed by atoms with Crippen LogP contribution in [0.3, 0.4) is 0 Å². The molecule has 11 nitrogen and oxygen atoms in total. The number of carbonyl (C=O) groups is 5. The number of hydrogen-bond donors (Lipinski definition) is 5. The summed E-state index contributed by atoms with van der Waals surface area (Å²) in [5, 5.41) is 20.3. The second-order valence-corrected chi connectivity index (χ2v) is 10.0. The van der Waals surface area contributed by atoms with Crippen molar-refractivity contribution in [2.45, 2.75) is 103 Å². The fourth-order valence-corrected chi connectivity index (χ4v) is 5.18. The van der Waals surface area contributed by atoms with Gasteiger partial charge in [-0.15, -0.1) is 0 Å². The summed E-state index contributed by atoms with van der Waals surface area (Å²) >= 11 is 0. The number of unbranched alkanes of at least 4 members (excludes halogenated alkanes) is 8. The molecular weight excluding hydrogens is 478 g/mol. The van der Waals surface area contributed by atoms with Gasteiger partial charge in [-0.1, -0.05) is 65.2 Å². The second kappa shape index (κ2) is 13.3. The number of hydrogen-bond acceptors (Lipinski definition) is 7. The summed E-state index contributed by atoms with van der Waals surface area (Å²) in [6.45, 7) is 4.21. The minimum Gasteiger partial charge on any atom is -0.493 e. The van der Waals surface area contributed by atoms with Gasteiger partial charge in [-0.2, -0.15) is 0 Å². The van der Waals surface area contributed by atoms with Gasteiger partial charge in [-0.25, -0.2) is 4.99 Å². The van der Waals surface area contributed by atoms with Gasteiger partial charge in [0.05, 0.1) is 0 Å². The van der Waals surface area contributed by atoms with E-state index in [2.05, 4.69) is 40.1 Å². The van der Waals surface area contributed by atoms with Gasteiger partial charge in [-0.3, -0.25) is 34.6 Å². The Labute approximate surface area is 217 Å². The van der Waals surface area contributed by atoms with E-state index in [9.17, 15) is 29.1 Å². The predicted octanol–water partition coefficient (Wildman–Crippen LogP) is 1.88. The SMILES string of the molecule is CCCCCCCC(=O)NC1C(=O)NC(=O)C2=NC3=C(O)NC(=O)C(NC(=O)CCCCCCC)C3C21. The first kappa shape index (κ1) is 28.3. The first-order valence-electron chi connectivity index (χ1n) is 13.5. The number of carbonyl (C=O) groups excluding carboxylic acids is 5. The van der Waals surface area contributed by atoms with E-state index in [0.29, 0.717) is 12.8 Å². The number of nitrogens with one attached hydrogen (secondary N) is 4. The zero-order valence-electron chi connectivity index (χ0n) is 21.7. The van der Waals surface area contributed by atoms with E-state index in [1.165, 1.54) is 0 Å². The summed E-state index contributed by atoms with van der Waals surface area (Å²) in [6.07, 6.45) is 9.95. The summed E-state index contributed by atoms with van der Waals surface area (Å²) in [7, 11) is 0. The maximum absolute atomic E-state index is 12.8. The van der Waals surface area contributed by atoms with E-state index in [1.54, 1.807) is 0 Å². The molecule has 0 aromatic rings. The Bertz CT molecular complexity index is 975. The third-order valence-electron chi connectivity index (χ3n) is 7.14. The number of rotatable bonds is 14. The van der Waals surface area contributed by atoms with Crippen LogP contribution in [0.25, 0.3) is 0 Å². The molecule has 3 aliphatic heterocycles. The molecule has 0 aliphatic carbocycles. The first-order valence-corrected chi connectivity index (χ1v) is 13.5. The third kappa shape index (κ3) is 6.95. The average Bonchev–Trinajstić information content (AvgIpc) is 3.26. The lowest BCUT2D eigenvalue weighted by Gasteiger charge is -2.37. The molecule has 3 heterocycles. The highest BCUT2D eigenvalue weighted by Gasteiger charge is 2.56. The van der Waals surface area contributed by atoms with Crippen LogP contribution < -0.4 is 21.3 Å². The summed E-state index contributed by atoms with van der Waals surface area (Å²) in [5.74, 6) is -5.31. The monoisotopic (exact) mass is 517 g/mol. The van der Waals surface area contributed by atoms with Crippen molar-refractivity contribution in [3.8, 4) is 0 Å². The normalized spacial score (nSPS) is 24.6. The van der Waals surface area contributed by atoms with E-state index in [-0.39, 0.29) is 36.1 Å². The summed E-state index contributed by atoms with van der Waals surface area (Å²) in [6, 6.07) is -2.33. The molecule has 204 valence electrons. The lowest BCUT2D eigenvalue weighted by molar-refractivity contribution is -0.136. The van der Waals surface area contributed by atoms with Crippen LogP contribution in [0.4, 0.5) is 0 Å². The van der Waals surface area contributed by atoms with Gasteiger partial charge in [0, 0.05) is 24.7 Å². The molecule has 3 aliphatic rings. The Morgan fingerprint density at radius 3 is 1.78 bits per heavy atom. The number of aliphatic hydroxyl groups is 1. The molecule has 1 fully saturated rings. The van der Waals surface area contributed by atoms with E-state index in [0.717, 1.165) is 51.4 Å². The molecule has 3 rings (SSSR count). The largest absolute Gasteiger partial charge is 0.493 e. The molecule has 0 radical (unpaired) electrons. The second-order valence-electron chi connectivity index (χ2n) is 10.0. The molecular formula is C26H39N5O6. The van der Waals surface area contributed by atoms with Gasteiger partial charge in [-0.05, 0) is 12.8 Å². The maximum Gasteiger partial charge on any atom is 0.272 e. The van der Waals surface area contributed by atoms with Crippen molar-refractivity contribution in [1.29, 1.82) is 0 Å². The van der Waals surface area contributed by atoms with E-state index in [4.69, 9.17) is 0 Å². The van der Waals surface area contributed by atoms with Gasteiger partial charge in [0.15, 0.2) is 0 Å². The van der Waals surface area contributed by atoms with Gasteiger partial charge in [0.2, 0.25) is 29.5 Å². The molecule has 4 atom stereocenters. The lowest BCUT2D eigenvalue weighted by Crippen LogP contribution is -2.65. The quantitative estimate of drug-likeness (QED) is 0.174. The smallest absolute Gasteiger partial charge is 0.272 e. The molecule has 5 amide bonds. The molecule has 1 saturated heterocycles. The van der Waals surface area contributed by atoms with Crippen LogP contribution in [0, 0.1) is 11.8 Å². The summed E-state index contributed by atoms with van der Waals surface area (Å²) in [5.41, 5.74) is -0.0498. The molecule has 11 heteroatoms. The van der Waals surface area contributed by atoms with E-state index in [1.807, 2.05) is 0 Å². The molecule has 0 spiro atoms. The van der Waals surface area contributed by atoms with Crippen molar-refractivity contribution in [3.63, 3.8) is 0 Å². The van der Waals surface area contributed by atoms with Crippen LogP contribution >= 0.6 is 0 Å². The van der Waals surface area contributed by atoms with E-state index < -0.39 is 47.5 Å². The Morgan fingerprint density at radius 2 is 1.24 bits per heavy atom. The standard InChI is InChI=1S/C26H39N5O6/c1-3-5-7-9-11-13-15(32)27-19-17-18-20(28-16(33)14-12-10-8-6-4-2)24(35)31-26(37)22(18)29-21(17)25(36)30-23(19)34/h17-20,36H,3-14H2,1-2H3,(H,27,32)(H,28,33)(H,30,34)(H,31,35,37). The van der Waals surface area contributed by atoms with Crippen molar-refractivity contribution in [1.82, 2.24) is 21.3 Å². The Hall–Kier alpha value is -3.24. The van der Waals surface area contributed by atoms with Crippen LogP contribution in [-0.4, -0.2) is 52.4 Å². The highest BCUT2D eigenvalue weighted by atomic mass is 16.3. The minimum atomic E-state index is -1.17. The van der Waals surface area contributed by atoms with Crippen molar-refractivity contribution in [2.24, 2.45) is 16.8 Å². The van der Waals surface area contributed by atoms with Crippen LogP contribution in [0.5, 0.6) is 0 Å². The van der Waals surface area contributed by atoms with Gasteiger partial charge >= 0.3 is 0 Å². The van der Waals surface area contributed by atoms with Gasteiger partial charge < -0.3 is 15.7 Å². The number of amides is 5. The average molecular weight is 518 g/mol. The molecule has 0 bridgehead atoms. The van der Waals surface area contributed by atoms with Crippen LogP contribution in [0.15, 0.2) is 16.6 Å². The first-order chi connectivity index (χ1) is 17.8. The molecule has 5 N–H and O–H groups in total. The lowest BCUT2D eigenvalue weighted by atomic mass is 9.75. The minimum absolute atomic E-state index is 0.0107. The number of fused-ring (bicyclic) bond motifs is 3. The maximum atomic E-state index is 12.8. The summed E-state index contributed by atoms with van der Waals surface area (Å²) < 4.78 is 0. The number of aliphatic hydroxyl groups excluding tert-OH is 1. The van der Waals surface area contributed by atoms with Gasteiger partial charge in [0.1, 0.15) is 23.5 Å². The zero-order valence-corrected chi connectivity index (χ0v) is 21.7. The van der Waals surface area contributed by atoms with Crippen LogP contribution in [0.2, 0.25) is 0 Å². The molecule has 37 heavy (non-hydrogen) atoms. The van der Waals surface area contributed by atoms with Crippen LogP contribution in [0.1, 0.15) is 90.9 Å². The fourth-order valence-electron chi connectivity index (χ4n) is 5.18. The van der Waals surface area contributed by atoms with Crippen molar-refractivity contribution >= 4 is 35.2 Å².